The lowest BCUT2D eigenvalue weighted by Gasteiger charge is -2.10. The molecule has 2 aromatic carbocycles. The summed E-state index contributed by atoms with van der Waals surface area (Å²) in [5.74, 6) is 0.557. The summed E-state index contributed by atoms with van der Waals surface area (Å²) in [5, 5.41) is 9.21. The zero-order valence-electron chi connectivity index (χ0n) is 15.4. The highest BCUT2D eigenvalue weighted by atomic mass is 32.2. The maximum atomic E-state index is 13.5. The molecule has 0 saturated carbocycles. The van der Waals surface area contributed by atoms with Crippen molar-refractivity contribution in [1.29, 1.82) is 0 Å². The number of methoxy groups -OCH3 is 1. The number of aryl methyl sites for hydroxylation is 1. The third kappa shape index (κ3) is 4.03. The Balaban J connectivity index is 1.82. The predicted molar refractivity (Wildman–Crippen MR) is 104 cm³/mol. The molecule has 27 heavy (non-hydrogen) atoms. The highest BCUT2D eigenvalue weighted by molar-refractivity contribution is 7.99. The highest BCUT2D eigenvalue weighted by Crippen LogP contribution is 2.28. The minimum atomic E-state index is -0.470. The SMILES string of the molecule is CCn1c(SCC(=O)c2cc(F)ccc2OC)nnc1-c1ccccc1C. The van der Waals surface area contributed by atoms with Crippen molar-refractivity contribution in [3.63, 3.8) is 0 Å². The van der Waals surface area contributed by atoms with Crippen molar-refractivity contribution in [2.24, 2.45) is 0 Å². The lowest BCUT2D eigenvalue weighted by molar-refractivity contribution is 0.101. The van der Waals surface area contributed by atoms with Gasteiger partial charge in [-0.25, -0.2) is 4.39 Å². The number of Topliss-reactive ketones (excluding diaryl/α,β-unsaturated/α-hetero) is 1. The van der Waals surface area contributed by atoms with Crippen LogP contribution in [0.3, 0.4) is 0 Å². The Morgan fingerprint density at radius 1 is 1.22 bits per heavy atom. The van der Waals surface area contributed by atoms with Crippen molar-refractivity contribution in [2.45, 2.75) is 25.5 Å². The molecule has 0 atom stereocenters. The predicted octanol–water partition coefficient (Wildman–Crippen LogP) is 4.40. The van der Waals surface area contributed by atoms with Crippen LogP contribution >= 0.6 is 11.8 Å². The van der Waals surface area contributed by atoms with Crippen molar-refractivity contribution in [3.8, 4) is 17.1 Å². The second-order valence-corrected chi connectivity index (χ2v) is 6.86. The number of thioether (sulfide) groups is 1. The third-order valence-electron chi connectivity index (χ3n) is 4.21. The Bertz CT molecular complexity index is 972. The Kier molecular flexibility index (Phi) is 5.91. The number of aromatic nitrogens is 3. The van der Waals surface area contributed by atoms with E-state index in [9.17, 15) is 9.18 Å². The first-order valence-electron chi connectivity index (χ1n) is 8.53. The molecular weight excluding hydrogens is 365 g/mol. The molecule has 0 amide bonds. The van der Waals surface area contributed by atoms with E-state index in [0.717, 1.165) is 17.0 Å². The molecule has 0 unspecified atom stereocenters. The van der Waals surface area contributed by atoms with Gasteiger partial charge >= 0.3 is 0 Å². The fraction of sp³-hybridized carbons (Fsp3) is 0.250. The van der Waals surface area contributed by atoms with Crippen LogP contribution in [0.25, 0.3) is 11.4 Å². The molecule has 0 spiro atoms. The Morgan fingerprint density at radius 3 is 2.70 bits per heavy atom. The molecule has 0 bridgehead atoms. The lowest BCUT2D eigenvalue weighted by atomic mass is 10.1. The van der Waals surface area contributed by atoms with Gasteiger partial charge in [-0.2, -0.15) is 0 Å². The molecule has 3 aromatic rings. The molecule has 0 aliphatic carbocycles. The van der Waals surface area contributed by atoms with Gasteiger partial charge in [0.05, 0.1) is 18.4 Å². The molecule has 0 aliphatic heterocycles. The normalized spacial score (nSPS) is 10.8. The molecular formula is C20H20FN3O2S. The van der Waals surface area contributed by atoms with E-state index in [4.69, 9.17) is 4.74 Å². The number of ketones is 1. The number of ether oxygens (including phenoxy) is 1. The van der Waals surface area contributed by atoms with Gasteiger partial charge in [0.1, 0.15) is 11.6 Å². The van der Waals surface area contributed by atoms with E-state index in [1.165, 1.54) is 37.1 Å². The summed E-state index contributed by atoms with van der Waals surface area (Å²) in [4.78, 5) is 12.6. The van der Waals surface area contributed by atoms with Crippen molar-refractivity contribution in [1.82, 2.24) is 14.8 Å². The molecule has 1 aromatic heterocycles. The van der Waals surface area contributed by atoms with Gasteiger partial charge in [0.2, 0.25) is 0 Å². The minimum Gasteiger partial charge on any atom is -0.496 e. The number of hydrogen-bond acceptors (Lipinski definition) is 5. The van der Waals surface area contributed by atoms with Gasteiger partial charge in [-0.15, -0.1) is 10.2 Å². The molecule has 7 heteroatoms. The summed E-state index contributed by atoms with van der Waals surface area (Å²) in [6, 6.07) is 11.9. The van der Waals surface area contributed by atoms with Gasteiger partial charge in [-0.1, -0.05) is 36.0 Å². The number of benzene rings is 2. The van der Waals surface area contributed by atoms with Crippen LogP contribution in [0, 0.1) is 12.7 Å². The van der Waals surface area contributed by atoms with E-state index in [0.29, 0.717) is 17.5 Å². The summed E-state index contributed by atoms with van der Waals surface area (Å²) in [6.07, 6.45) is 0. The maximum Gasteiger partial charge on any atom is 0.191 e. The van der Waals surface area contributed by atoms with Gasteiger partial charge in [-0.3, -0.25) is 4.79 Å². The number of rotatable bonds is 7. The molecule has 0 radical (unpaired) electrons. The molecule has 0 saturated heterocycles. The molecule has 1 heterocycles. The largest absolute Gasteiger partial charge is 0.496 e. The average molecular weight is 385 g/mol. The van der Waals surface area contributed by atoms with Gasteiger partial charge < -0.3 is 9.30 Å². The fourth-order valence-corrected chi connectivity index (χ4v) is 3.70. The summed E-state index contributed by atoms with van der Waals surface area (Å²) < 4.78 is 20.7. The van der Waals surface area contributed by atoms with E-state index in [2.05, 4.69) is 10.2 Å². The summed E-state index contributed by atoms with van der Waals surface area (Å²) in [6.45, 7) is 4.71. The van der Waals surface area contributed by atoms with Crippen LogP contribution in [0.5, 0.6) is 5.75 Å². The lowest BCUT2D eigenvalue weighted by Crippen LogP contribution is -2.07. The summed E-state index contributed by atoms with van der Waals surface area (Å²) >= 11 is 1.28. The van der Waals surface area contributed by atoms with Crippen molar-refractivity contribution < 1.29 is 13.9 Å². The van der Waals surface area contributed by atoms with E-state index in [-0.39, 0.29) is 17.1 Å². The number of nitrogens with zero attached hydrogens (tertiary/aromatic N) is 3. The first-order chi connectivity index (χ1) is 13.0. The van der Waals surface area contributed by atoms with Crippen molar-refractivity contribution >= 4 is 17.5 Å². The van der Waals surface area contributed by atoms with Crippen molar-refractivity contribution in [2.75, 3.05) is 12.9 Å². The van der Waals surface area contributed by atoms with Gasteiger partial charge in [-0.05, 0) is 37.6 Å². The van der Waals surface area contributed by atoms with E-state index in [1.54, 1.807) is 0 Å². The Labute approximate surface area is 161 Å². The zero-order valence-corrected chi connectivity index (χ0v) is 16.2. The molecule has 3 rings (SSSR count). The van der Waals surface area contributed by atoms with Crippen LogP contribution in [-0.4, -0.2) is 33.4 Å². The Morgan fingerprint density at radius 2 is 2.00 bits per heavy atom. The third-order valence-corrected chi connectivity index (χ3v) is 5.18. The van der Waals surface area contributed by atoms with Crippen LogP contribution in [0.4, 0.5) is 4.39 Å². The van der Waals surface area contributed by atoms with Crippen LogP contribution in [0.15, 0.2) is 47.6 Å². The van der Waals surface area contributed by atoms with Gasteiger partial charge in [0, 0.05) is 12.1 Å². The van der Waals surface area contributed by atoms with Crippen LogP contribution < -0.4 is 4.74 Å². The monoisotopic (exact) mass is 385 g/mol. The molecule has 0 fully saturated rings. The van der Waals surface area contributed by atoms with E-state index >= 15 is 0 Å². The second kappa shape index (κ2) is 8.35. The zero-order chi connectivity index (χ0) is 19.4. The maximum absolute atomic E-state index is 13.5. The second-order valence-electron chi connectivity index (χ2n) is 5.92. The molecule has 0 N–H and O–H groups in total. The van der Waals surface area contributed by atoms with Crippen LogP contribution in [-0.2, 0) is 6.54 Å². The van der Waals surface area contributed by atoms with Gasteiger partial charge in [0.25, 0.3) is 0 Å². The van der Waals surface area contributed by atoms with Crippen LogP contribution in [0.2, 0.25) is 0 Å². The molecule has 0 aliphatic rings. The fourth-order valence-electron chi connectivity index (χ4n) is 2.81. The highest BCUT2D eigenvalue weighted by Gasteiger charge is 2.18. The number of carbonyl (C=O) groups is 1. The standard InChI is InChI=1S/C20H20FN3O2S/c1-4-24-19(15-8-6-5-7-13(15)2)22-23-20(24)27-12-17(25)16-11-14(21)9-10-18(16)26-3/h5-11H,4,12H2,1-3H3. The number of carbonyl (C=O) groups excluding carboxylic acids is 1. The van der Waals surface area contributed by atoms with E-state index in [1.807, 2.05) is 42.7 Å². The number of halogens is 1. The average Bonchev–Trinajstić information content (AvgIpc) is 3.09. The van der Waals surface area contributed by atoms with Crippen LogP contribution in [0.1, 0.15) is 22.8 Å². The van der Waals surface area contributed by atoms with Gasteiger partial charge in [0.15, 0.2) is 16.8 Å². The molecule has 140 valence electrons. The number of hydrogen-bond donors (Lipinski definition) is 0. The molecule has 5 nitrogen and oxygen atoms in total. The minimum absolute atomic E-state index is 0.117. The summed E-state index contributed by atoms with van der Waals surface area (Å²) in [7, 11) is 1.46. The quantitative estimate of drug-likeness (QED) is 0.446. The first-order valence-corrected chi connectivity index (χ1v) is 9.52. The Hall–Kier alpha value is -2.67. The summed E-state index contributed by atoms with van der Waals surface area (Å²) in [5.41, 5.74) is 2.35. The van der Waals surface area contributed by atoms with E-state index < -0.39 is 5.82 Å². The smallest absolute Gasteiger partial charge is 0.191 e. The first kappa shape index (κ1) is 19.1. The van der Waals surface area contributed by atoms with Crippen molar-refractivity contribution in [3.05, 3.63) is 59.4 Å². The topological polar surface area (TPSA) is 57.0 Å².